The van der Waals surface area contributed by atoms with Gasteiger partial charge in [0.1, 0.15) is 5.82 Å². The van der Waals surface area contributed by atoms with Crippen molar-refractivity contribution < 1.29 is 23.4 Å². The summed E-state index contributed by atoms with van der Waals surface area (Å²) >= 11 is 0. The summed E-state index contributed by atoms with van der Waals surface area (Å²) in [4.78, 5) is 17.9. The molecule has 2 heterocycles. The van der Waals surface area contributed by atoms with Crippen LogP contribution in [-0.2, 0) is 10.2 Å². The van der Waals surface area contributed by atoms with Crippen molar-refractivity contribution in [2.24, 2.45) is 0 Å². The van der Waals surface area contributed by atoms with Crippen LogP contribution in [0.3, 0.4) is 0 Å². The van der Waals surface area contributed by atoms with E-state index in [0.717, 1.165) is 29.5 Å². The third-order valence-electron chi connectivity index (χ3n) is 6.11. The first-order valence-corrected chi connectivity index (χ1v) is 12.0. The number of ether oxygens (including phenoxy) is 2. The van der Waals surface area contributed by atoms with E-state index in [0.29, 0.717) is 22.2 Å². The Morgan fingerprint density at radius 2 is 1.82 bits per heavy atom. The van der Waals surface area contributed by atoms with E-state index in [9.17, 15) is 13.9 Å². The summed E-state index contributed by atoms with van der Waals surface area (Å²) in [5.41, 5.74) is 1.95. The van der Waals surface area contributed by atoms with Crippen LogP contribution in [-0.4, -0.2) is 45.2 Å². The second-order valence-corrected chi connectivity index (χ2v) is 10.6. The highest BCUT2D eigenvalue weighted by molar-refractivity contribution is 8.22. The molecule has 33 heavy (non-hydrogen) atoms. The summed E-state index contributed by atoms with van der Waals surface area (Å²) in [5.74, 6) is 1.73. The van der Waals surface area contributed by atoms with Gasteiger partial charge < -0.3 is 14.8 Å². The molecule has 1 saturated carbocycles. The zero-order valence-electron chi connectivity index (χ0n) is 18.3. The van der Waals surface area contributed by atoms with Crippen LogP contribution in [0, 0.1) is 0 Å². The van der Waals surface area contributed by atoms with Gasteiger partial charge in [-0.15, -0.1) is 10.8 Å². The third kappa shape index (κ3) is 3.93. The van der Waals surface area contributed by atoms with E-state index in [-0.39, 0.29) is 12.7 Å². The van der Waals surface area contributed by atoms with Gasteiger partial charge in [0, 0.05) is 25.9 Å². The maximum absolute atomic E-state index is 13.1. The maximum Gasteiger partial charge on any atom is 0.236 e. The van der Waals surface area contributed by atoms with Crippen LogP contribution >= 0.6 is 10.8 Å². The molecule has 3 aromatic rings. The van der Waals surface area contributed by atoms with Crippen molar-refractivity contribution in [3.05, 3.63) is 66.4 Å². The highest BCUT2D eigenvalue weighted by Crippen LogP contribution is 2.51. The summed E-state index contributed by atoms with van der Waals surface area (Å²) in [6.45, 7) is 0.200. The lowest BCUT2D eigenvalue weighted by atomic mass is 9.94. The SMILES string of the molecule is CN(C)S(O)(O)c1cccc(-c2ccc(NC(=O)C3(c4ccc5c(c4)OCO5)CC3)nc2)c1. The van der Waals surface area contributed by atoms with Gasteiger partial charge >= 0.3 is 0 Å². The molecule has 3 N–H and O–H groups in total. The van der Waals surface area contributed by atoms with Gasteiger partial charge in [0.15, 0.2) is 11.5 Å². The Hall–Kier alpha value is -3.11. The number of nitrogens with one attached hydrogen (secondary N) is 1. The van der Waals surface area contributed by atoms with Crippen molar-refractivity contribution in [1.29, 1.82) is 0 Å². The zero-order valence-corrected chi connectivity index (χ0v) is 19.1. The number of carbonyl (C=O) groups excluding carboxylic acids is 1. The summed E-state index contributed by atoms with van der Waals surface area (Å²) < 4.78 is 33.0. The molecule has 8 nitrogen and oxygen atoms in total. The predicted molar refractivity (Wildman–Crippen MR) is 127 cm³/mol. The van der Waals surface area contributed by atoms with Gasteiger partial charge in [-0.1, -0.05) is 18.2 Å². The van der Waals surface area contributed by atoms with Crippen LogP contribution in [0.25, 0.3) is 11.1 Å². The average molecular weight is 468 g/mol. The maximum atomic E-state index is 13.1. The van der Waals surface area contributed by atoms with Gasteiger partial charge in [0.05, 0.1) is 10.3 Å². The topological polar surface area (TPSA) is 104 Å². The molecule has 2 aromatic carbocycles. The summed E-state index contributed by atoms with van der Waals surface area (Å²) in [6, 6.07) is 16.3. The average Bonchev–Trinajstić information content (AvgIpc) is 3.50. The summed E-state index contributed by atoms with van der Waals surface area (Å²) in [5, 5.41) is 2.94. The van der Waals surface area contributed by atoms with Gasteiger partial charge in [-0.05, 0) is 60.4 Å². The van der Waals surface area contributed by atoms with Crippen LogP contribution in [0.2, 0.25) is 0 Å². The molecule has 1 aliphatic carbocycles. The third-order valence-corrected chi connectivity index (χ3v) is 8.01. The van der Waals surface area contributed by atoms with Gasteiger partial charge in [0.25, 0.3) is 0 Å². The normalized spacial score (nSPS) is 16.5. The minimum Gasteiger partial charge on any atom is -0.454 e. The second-order valence-electron chi connectivity index (χ2n) is 8.40. The molecule has 1 aliphatic heterocycles. The number of benzene rings is 2. The van der Waals surface area contributed by atoms with Crippen LogP contribution in [0.5, 0.6) is 11.5 Å². The Balaban J connectivity index is 1.32. The molecule has 9 heteroatoms. The van der Waals surface area contributed by atoms with Crippen molar-refractivity contribution in [3.63, 3.8) is 0 Å². The monoisotopic (exact) mass is 467 g/mol. The first-order chi connectivity index (χ1) is 15.8. The molecule has 0 spiro atoms. The fraction of sp³-hybridized carbons (Fsp3) is 0.250. The van der Waals surface area contributed by atoms with Crippen LogP contribution < -0.4 is 14.8 Å². The van der Waals surface area contributed by atoms with E-state index in [1.54, 1.807) is 44.6 Å². The number of aromatic nitrogens is 1. The van der Waals surface area contributed by atoms with Gasteiger partial charge in [0.2, 0.25) is 12.7 Å². The lowest BCUT2D eigenvalue weighted by Crippen LogP contribution is -2.28. The van der Waals surface area contributed by atoms with E-state index in [2.05, 4.69) is 10.3 Å². The van der Waals surface area contributed by atoms with Crippen molar-refractivity contribution in [2.75, 3.05) is 26.2 Å². The molecule has 1 amide bonds. The molecule has 0 atom stereocenters. The second kappa shape index (κ2) is 8.03. The van der Waals surface area contributed by atoms with E-state index < -0.39 is 16.2 Å². The molecule has 172 valence electrons. The molecule has 0 saturated heterocycles. The number of fused-ring (bicyclic) bond motifs is 1. The van der Waals surface area contributed by atoms with E-state index in [1.165, 1.54) is 4.31 Å². The molecule has 0 unspecified atom stereocenters. The number of pyridine rings is 1. The minimum absolute atomic E-state index is 0.0939. The smallest absolute Gasteiger partial charge is 0.236 e. The molecule has 1 aromatic heterocycles. The Kier molecular flexibility index (Phi) is 5.29. The number of anilines is 1. The quantitative estimate of drug-likeness (QED) is 0.481. The van der Waals surface area contributed by atoms with E-state index >= 15 is 0 Å². The largest absolute Gasteiger partial charge is 0.454 e. The Morgan fingerprint density at radius 3 is 2.52 bits per heavy atom. The Morgan fingerprint density at radius 1 is 1.03 bits per heavy atom. The first-order valence-electron chi connectivity index (χ1n) is 10.5. The lowest BCUT2D eigenvalue weighted by Gasteiger charge is -2.38. The van der Waals surface area contributed by atoms with Gasteiger partial charge in [-0.3, -0.25) is 13.9 Å². The minimum atomic E-state index is -3.03. The fourth-order valence-electron chi connectivity index (χ4n) is 3.90. The molecule has 0 radical (unpaired) electrons. The van der Waals surface area contributed by atoms with Crippen molar-refractivity contribution >= 4 is 22.5 Å². The van der Waals surface area contributed by atoms with Crippen LogP contribution in [0.15, 0.2) is 65.7 Å². The molecule has 0 bridgehead atoms. The van der Waals surface area contributed by atoms with Gasteiger partial charge in [-0.25, -0.2) is 9.29 Å². The number of amides is 1. The van der Waals surface area contributed by atoms with E-state index in [4.69, 9.17) is 9.47 Å². The number of hydrogen-bond donors (Lipinski definition) is 3. The van der Waals surface area contributed by atoms with Crippen LogP contribution in [0.1, 0.15) is 18.4 Å². The predicted octanol–water partition coefficient (Wildman–Crippen LogP) is 4.73. The highest BCUT2D eigenvalue weighted by atomic mass is 32.3. The van der Waals surface area contributed by atoms with Crippen LogP contribution in [0.4, 0.5) is 5.82 Å². The number of rotatable bonds is 6. The molecule has 5 rings (SSSR count). The first kappa shape index (κ1) is 21.7. The highest BCUT2D eigenvalue weighted by Gasteiger charge is 2.51. The Labute approximate surface area is 193 Å². The summed E-state index contributed by atoms with van der Waals surface area (Å²) in [7, 11) is 0.213. The molecular weight excluding hydrogens is 442 g/mol. The van der Waals surface area contributed by atoms with E-state index in [1.807, 2.05) is 30.3 Å². The number of carbonyl (C=O) groups is 1. The standard InChI is InChI=1S/C24H25N3O5S/c1-27(2)33(29,30)19-5-3-4-16(12-19)17-6-9-22(25-14-17)26-23(28)24(10-11-24)18-7-8-20-21(13-18)32-15-31-20/h3-9,12-14,29-30H,10-11,15H2,1-2H3,(H,25,26,28). The molecular formula is C24H25N3O5S. The molecule has 2 aliphatic rings. The Bertz CT molecular complexity index is 1210. The van der Waals surface area contributed by atoms with Gasteiger partial charge in [-0.2, -0.15) is 0 Å². The number of hydrogen-bond acceptors (Lipinski definition) is 7. The summed E-state index contributed by atoms with van der Waals surface area (Å²) in [6.07, 6.45) is 3.19. The zero-order chi connectivity index (χ0) is 23.2. The van der Waals surface area contributed by atoms with Crippen molar-refractivity contribution in [3.8, 4) is 22.6 Å². The number of nitrogens with zero attached hydrogens (tertiary/aromatic N) is 2. The van der Waals surface area contributed by atoms with Crippen molar-refractivity contribution in [1.82, 2.24) is 9.29 Å². The fourth-order valence-corrected chi connectivity index (χ4v) is 4.87. The van der Waals surface area contributed by atoms with Crippen molar-refractivity contribution in [2.45, 2.75) is 23.2 Å². The lowest BCUT2D eigenvalue weighted by molar-refractivity contribution is -0.118. The molecule has 1 fully saturated rings.